The zero-order chi connectivity index (χ0) is 8.55. The van der Waals surface area contributed by atoms with E-state index in [1.54, 1.807) is 12.3 Å². The van der Waals surface area contributed by atoms with E-state index in [0.717, 1.165) is 10.9 Å². The monoisotopic (exact) mass is 163 g/mol. The number of nitrogens with one attached hydrogen (secondary N) is 1. The Labute approximate surface area is 69.6 Å². The van der Waals surface area contributed by atoms with Crippen LogP contribution in [-0.4, -0.2) is 17.2 Å². The first-order chi connectivity index (χ1) is 5.83. The van der Waals surface area contributed by atoms with Crippen LogP contribution in [0.4, 0.5) is 0 Å². The summed E-state index contributed by atoms with van der Waals surface area (Å²) in [7, 11) is 1.54. The van der Waals surface area contributed by atoms with Crippen molar-refractivity contribution < 1.29 is 9.84 Å². The summed E-state index contributed by atoms with van der Waals surface area (Å²) in [6.07, 6.45) is 1.78. The minimum absolute atomic E-state index is 0.191. The van der Waals surface area contributed by atoms with Gasteiger partial charge >= 0.3 is 0 Å². The van der Waals surface area contributed by atoms with Gasteiger partial charge in [-0.2, -0.15) is 0 Å². The van der Waals surface area contributed by atoms with Gasteiger partial charge in [0.1, 0.15) is 0 Å². The smallest absolute Gasteiger partial charge is 0.167 e. The highest BCUT2D eigenvalue weighted by molar-refractivity contribution is 5.88. The first-order valence-corrected chi connectivity index (χ1v) is 3.66. The molecule has 3 nitrogen and oxygen atoms in total. The van der Waals surface area contributed by atoms with Crippen LogP contribution < -0.4 is 4.74 Å². The molecule has 3 heteroatoms. The summed E-state index contributed by atoms with van der Waals surface area (Å²) in [5.74, 6) is 0.693. The quantitative estimate of drug-likeness (QED) is 0.674. The Morgan fingerprint density at radius 2 is 2.17 bits per heavy atom. The molecule has 0 unspecified atom stereocenters. The van der Waals surface area contributed by atoms with Gasteiger partial charge in [-0.15, -0.1) is 0 Å². The highest BCUT2D eigenvalue weighted by Gasteiger charge is 2.05. The second-order valence-electron chi connectivity index (χ2n) is 2.56. The molecule has 2 N–H and O–H groups in total. The van der Waals surface area contributed by atoms with Crippen LogP contribution in [0.3, 0.4) is 0 Å². The lowest BCUT2D eigenvalue weighted by Crippen LogP contribution is -1.82. The Kier molecular flexibility index (Phi) is 1.43. The van der Waals surface area contributed by atoms with Gasteiger partial charge in [-0.25, -0.2) is 0 Å². The fourth-order valence-corrected chi connectivity index (χ4v) is 1.26. The first-order valence-electron chi connectivity index (χ1n) is 3.66. The summed E-state index contributed by atoms with van der Waals surface area (Å²) in [5, 5.41) is 10.4. The Morgan fingerprint density at radius 3 is 2.92 bits per heavy atom. The van der Waals surface area contributed by atoms with Crippen LogP contribution in [0.15, 0.2) is 24.4 Å². The summed E-state index contributed by atoms with van der Waals surface area (Å²) < 4.78 is 4.96. The minimum atomic E-state index is 0.191. The third-order valence-corrected chi connectivity index (χ3v) is 1.89. The number of aromatic amines is 1. The van der Waals surface area contributed by atoms with Crippen molar-refractivity contribution in [2.24, 2.45) is 0 Å². The number of ether oxygens (including phenoxy) is 1. The van der Waals surface area contributed by atoms with Gasteiger partial charge in [0.05, 0.1) is 7.11 Å². The summed E-state index contributed by atoms with van der Waals surface area (Å²) in [5.41, 5.74) is 0.910. The molecule has 12 heavy (non-hydrogen) atoms. The van der Waals surface area contributed by atoms with Gasteiger partial charge in [0.15, 0.2) is 11.5 Å². The number of fused-ring (bicyclic) bond motifs is 1. The third-order valence-electron chi connectivity index (χ3n) is 1.89. The molecule has 0 radical (unpaired) electrons. The summed E-state index contributed by atoms with van der Waals surface area (Å²) >= 11 is 0. The van der Waals surface area contributed by atoms with Crippen molar-refractivity contribution in [3.63, 3.8) is 0 Å². The average molecular weight is 163 g/mol. The molecule has 1 aromatic heterocycles. The van der Waals surface area contributed by atoms with Crippen LogP contribution in [0.5, 0.6) is 11.5 Å². The van der Waals surface area contributed by atoms with Gasteiger partial charge in [0.2, 0.25) is 0 Å². The van der Waals surface area contributed by atoms with E-state index in [-0.39, 0.29) is 5.75 Å². The van der Waals surface area contributed by atoms with Crippen LogP contribution in [0.2, 0.25) is 0 Å². The summed E-state index contributed by atoms with van der Waals surface area (Å²) in [6, 6.07) is 5.41. The van der Waals surface area contributed by atoms with E-state index in [9.17, 15) is 5.11 Å². The molecule has 1 aromatic carbocycles. The van der Waals surface area contributed by atoms with E-state index in [4.69, 9.17) is 4.74 Å². The molecular formula is C9H9NO2. The number of rotatable bonds is 1. The number of aromatic nitrogens is 1. The van der Waals surface area contributed by atoms with Crippen LogP contribution in [0.25, 0.3) is 10.9 Å². The third kappa shape index (κ3) is 0.830. The normalized spacial score (nSPS) is 10.4. The molecule has 62 valence electrons. The lowest BCUT2D eigenvalue weighted by atomic mass is 10.2. The van der Waals surface area contributed by atoms with Gasteiger partial charge in [-0.1, -0.05) is 0 Å². The first kappa shape index (κ1) is 7.03. The van der Waals surface area contributed by atoms with Crippen molar-refractivity contribution in [1.82, 2.24) is 4.98 Å². The average Bonchev–Trinajstić information content (AvgIpc) is 2.53. The zero-order valence-electron chi connectivity index (χ0n) is 6.66. The summed E-state index contributed by atoms with van der Waals surface area (Å²) in [6.45, 7) is 0. The van der Waals surface area contributed by atoms with Gasteiger partial charge in [-0.3, -0.25) is 0 Å². The van der Waals surface area contributed by atoms with E-state index in [2.05, 4.69) is 4.98 Å². The topological polar surface area (TPSA) is 45.2 Å². The van der Waals surface area contributed by atoms with E-state index in [0.29, 0.717) is 5.75 Å². The van der Waals surface area contributed by atoms with Crippen molar-refractivity contribution in [3.05, 3.63) is 24.4 Å². The molecule has 0 saturated carbocycles. The molecule has 0 spiro atoms. The maximum atomic E-state index is 9.59. The highest BCUT2D eigenvalue weighted by atomic mass is 16.5. The standard InChI is InChI=1S/C9H9NO2/c1-12-8-3-2-7-6(9(8)11)4-5-10-7/h2-5,10-11H,1H3. The van der Waals surface area contributed by atoms with Crippen LogP contribution in [-0.2, 0) is 0 Å². The van der Waals surface area contributed by atoms with Gasteiger partial charge < -0.3 is 14.8 Å². The van der Waals surface area contributed by atoms with Crippen molar-refractivity contribution in [2.45, 2.75) is 0 Å². The van der Waals surface area contributed by atoms with Crippen LogP contribution in [0, 0.1) is 0 Å². The number of aromatic hydroxyl groups is 1. The molecule has 2 aromatic rings. The predicted molar refractivity (Wildman–Crippen MR) is 46.5 cm³/mol. The van der Waals surface area contributed by atoms with E-state index in [1.807, 2.05) is 12.1 Å². The predicted octanol–water partition coefficient (Wildman–Crippen LogP) is 1.88. The van der Waals surface area contributed by atoms with Crippen molar-refractivity contribution in [1.29, 1.82) is 0 Å². The number of phenols is 1. The molecule has 0 fully saturated rings. The fraction of sp³-hybridized carbons (Fsp3) is 0.111. The van der Waals surface area contributed by atoms with Crippen LogP contribution in [0.1, 0.15) is 0 Å². The molecule has 0 saturated heterocycles. The van der Waals surface area contributed by atoms with Gasteiger partial charge in [-0.05, 0) is 18.2 Å². The maximum absolute atomic E-state index is 9.59. The molecule has 0 amide bonds. The van der Waals surface area contributed by atoms with Crippen molar-refractivity contribution in [2.75, 3.05) is 7.11 Å². The molecule has 2 rings (SSSR count). The fourth-order valence-electron chi connectivity index (χ4n) is 1.26. The number of benzene rings is 1. The Bertz CT molecular complexity index is 406. The SMILES string of the molecule is COc1ccc2[nH]ccc2c1O. The molecule has 0 aliphatic rings. The minimum Gasteiger partial charge on any atom is -0.504 e. The molecular weight excluding hydrogens is 154 g/mol. The van der Waals surface area contributed by atoms with E-state index in [1.165, 1.54) is 7.11 Å². The van der Waals surface area contributed by atoms with Crippen LogP contribution >= 0.6 is 0 Å². The molecule has 0 aliphatic carbocycles. The van der Waals surface area contributed by atoms with E-state index >= 15 is 0 Å². The molecule has 0 bridgehead atoms. The van der Waals surface area contributed by atoms with Crippen molar-refractivity contribution in [3.8, 4) is 11.5 Å². The second kappa shape index (κ2) is 2.44. The largest absolute Gasteiger partial charge is 0.504 e. The Hall–Kier alpha value is -1.64. The Balaban J connectivity index is 2.78. The number of H-pyrrole nitrogens is 1. The van der Waals surface area contributed by atoms with Gasteiger partial charge in [0.25, 0.3) is 0 Å². The Morgan fingerprint density at radius 1 is 1.33 bits per heavy atom. The second-order valence-corrected chi connectivity index (χ2v) is 2.56. The lowest BCUT2D eigenvalue weighted by molar-refractivity contribution is 0.376. The lowest BCUT2D eigenvalue weighted by Gasteiger charge is -2.02. The van der Waals surface area contributed by atoms with E-state index < -0.39 is 0 Å². The number of phenolic OH excluding ortho intramolecular Hbond substituents is 1. The number of hydrogen-bond donors (Lipinski definition) is 2. The maximum Gasteiger partial charge on any atom is 0.167 e. The summed E-state index contributed by atoms with van der Waals surface area (Å²) in [4.78, 5) is 3.00. The van der Waals surface area contributed by atoms with Gasteiger partial charge in [0, 0.05) is 17.1 Å². The number of hydrogen-bond acceptors (Lipinski definition) is 2. The molecule has 0 aliphatic heterocycles. The number of methoxy groups -OCH3 is 1. The highest BCUT2D eigenvalue weighted by Crippen LogP contribution is 2.33. The zero-order valence-corrected chi connectivity index (χ0v) is 6.66. The van der Waals surface area contributed by atoms with Crippen molar-refractivity contribution >= 4 is 10.9 Å². The molecule has 1 heterocycles. The molecule has 0 atom stereocenters.